The predicted octanol–water partition coefficient (Wildman–Crippen LogP) is 5.90. The first-order chi connectivity index (χ1) is 15.2. The molecule has 3 aromatic rings. The predicted molar refractivity (Wildman–Crippen MR) is 124 cm³/mol. The zero-order valence-corrected chi connectivity index (χ0v) is 18.1. The molecule has 0 bridgehead atoms. The number of nitrogens with zero attached hydrogens (tertiary/aromatic N) is 1. The highest BCUT2D eigenvalue weighted by Gasteiger charge is 2.19. The quantitative estimate of drug-likeness (QED) is 0.479. The van der Waals surface area contributed by atoms with E-state index < -0.39 is 0 Å². The van der Waals surface area contributed by atoms with Gasteiger partial charge in [0.25, 0.3) is 5.91 Å². The van der Waals surface area contributed by atoms with Gasteiger partial charge in [-0.25, -0.2) is 0 Å². The van der Waals surface area contributed by atoms with E-state index in [4.69, 9.17) is 4.42 Å². The number of pyridine rings is 1. The smallest absolute Gasteiger partial charge is 0.257 e. The minimum Gasteiger partial charge on any atom is -0.472 e. The van der Waals surface area contributed by atoms with Crippen LogP contribution >= 0.6 is 0 Å². The van der Waals surface area contributed by atoms with Gasteiger partial charge in [-0.3, -0.25) is 9.78 Å². The molecule has 162 valence electrons. The van der Waals surface area contributed by atoms with Crippen molar-refractivity contribution < 1.29 is 9.21 Å². The number of hydrogen-bond donors (Lipinski definition) is 2. The Morgan fingerprint density at radius 2 is 1.97 bits per heavy atom. The SMILES string of the molecule is CC(CNCc1ccccc1NC(=O)c1ccc(-c2ccoc2)nc1)C1CCCCC1. The van der Waals surface area contributed by atoms with Crippen LogP contribution < -0.4 is 10.6 Å². The normalized spacial score (nSPS) is 15.5. The third-order valence-electron chi connectivity index (χ3n) is 6.34. The van der Waals surface area contributed by atoms with Crippen molar-refractivity contribution >= 4 is 11.6 Å². The van der Waals surface area contributed by atoms with Crippen LogP contribution in [0.15, 0.2) is 65.6 Å². The van der Waals surface area contributed by atoms with E-state index in [1.807, 2.05) is 30.3 Å². The lowest BCUT2D eigenvalue weighted by Crippen LogP contribution is -2.27. The number of amides is 1. The van der Waals surface area contributed by atoms with Crippen LogP contribution in [0, 0.1) is 11.8 Å². The van der Waals surface area contributed by atoms with Crippen LogP contribution in [0.25, 0.3) is 11.3 Å². The molecule has 1 aliphatic carbocycles. The van der Waals surface area contributed by atoms with E-state index in [0.717, 1.165) is 41.5 Å². The van der Waals surface area contributed by atoms with Crippen LogP contribution in [0.5, 0.6) is 0 Å². The molecule has 2 N–H and O–H groups in total. The molecule has 1 aliphatic rings. The molecule has 0 saturated heterocycles. The van der Waals surface area contributed by atoms with Crippen molar-refractivity contribution in [1.82, 2.24) is 10.3 Å². The van der Waals surface area contributed by atoms with Gasteiger partial charge in [-0.2, -0.15) is 0 Å². The second kappa shape index (κ2) is 10.4. The summed E-state index contributed by atoms with van der Waals surface area (Å²) < 4.78 is 5.09. The van der Waals surface area contributed by atoms with Gasteiger partial charge in [0.2, 0.25) is 0 Å². The van der Waals surface area contributed by atoms with Gasteiger partial charge in [0.1, 0.15) is 0 Å². The maximum atomic E-state index is 12.8. The fourth-order valence-electron chi connectivity index (χ4n) is 4.40. The number of hydrogen-bond acceptors (Lipinski definition) is 4. The Balaban J connectivity index is 1.34. The Morgan fingerprint density at radius 1 is 1.13 bits per heavy atom. The van der Waals surface area contributed by atoms with Gasteiger partial charge in [0, 0.05) is 24.0 Å². The zero-order valence-electron chi connectivity index (χ0n) is 18.1. The van der Waals surface area contributed by atoms with Crippen molar-refractivity contribution in [2.75, 3.05) is 11.9 Å². The zero-order chi connectivity index (χ0) is 21.5. The highest BCUT2D eigenvalue weighted by Crippen LogP contribution is 2.29. The molecule has 4 rings (SSSR count). The highest BCUT2D eigenvalue weighted by atomic mass is 16.3. The van der Waals surface area contributed by atoms with Crippen molar-refractivity contribution in [3.8, 4) is 11.3 Å². The fraction of sp³-hybridized carbons (Fsp3) is 0.385. The number of para-hydroxylation sites is 1. The van der Waals surface area contributed by atoms with Gasteiger partial charge < -0.3 is 15.1 Å². The van der Waals surface area contributed by atoms with Crippen molar-refractivity contribution in [3.05, 3.63) is 72.3 Å². The molecule has 1 fully saturated rings. The molecule has 5 heteroatoms. The summed E-state index contributed by atoms with van der Waals surface area (Å²) in [7, 11) is 0. The van der Waals surface area contributed by atoms with Crippen LogP contribution in [0.3, 0.4) is 0 Å². The monoisotopic (exact) mass is 417 g/mol. The summed E-state index contributed by atoms with van der Waals surface area (Å²) in [5.41, 5.74) is 4.13. The lowest BCUT2D eigenvalue weighted by Gasteiger charge is -2.28. The largest absolute Gasteiger partial charge is 0.472 e. The Morgan fingerprint density at radius 3 is 2.71 bits per heavy atom. The lowest BCUT2D eigenvalue weighted by atomic mass is 9.81. The van der Waals surface area contributed by atoms with Gasteiger partial charge in [0.15, 0.2) is 0 Å². The number of carbonyl (C=O) groups excluding carboxylic acids is 1. The maximum absolute atomic E-state index is 12.8. The van der Waals surface area contributed by atoms with Crippen LogP contribution in [-0.4, -0.2) is 17.4 Å². The molecule has 2 heterocycles. The van der Waals surface area contributed by atoms with E-state index in [1.54, 1.807) is 24.8 Å². The summed E-state index contributed by atoms with van der Waals surface area (Å²) in [4.78, 5) is 17.1. The number of furan rings is 1. The molecule has 0 spiro atoms. The van der Waals surface area contributed by atoms with Crippen LogP contribution in [0.2, 0.25) is 0 Å². The van der Waals surface area contributed by atoms with Crippen molar-refractivity contribution in [1.29, 1.82) is 0 Å². The average molecular weight is 418 g/mol. The Bertz CT molecular complexity index is 961. The van der Waals surface area contributed by atoms with E-state index in [-0.39, 0.29) is 5.91 Å². The van der Waals surface area contributed by atoms with E-state index in [1.165, 1.54) is 32.1 Å². The Labute approximate surface area is 184 Å². The third kappa shape index (κ3) is 5.61. The van der Waals surface area contributed by atoms with E-state index >= 15 is 0 Å². The Kier molecular flexibility index (Phi) is 7.15. The fourth-order valence-corrected chi connectivity index (χ4v) is 4.40. The number of nitrogens with one attached hydrogen (secondary N) is 2. The standard InChI is InChI=1S/C26H31N3O2/c1-19(20-7-3-2-4-8-20)15-27-16-21-9-5-6-10-25(21)29-26(30)22-11-12-24(28-17-22)23-13-14-31-18-23/h5-6,9-14,17-20,27H,2-4,7-8,15-16H2,1H3,(H,29,30). The summed E-state index contributed by atoms with van der Waals surface area (Å²) in [6.45, 7) is 4.11. The summed E-state index contributed by atoms with van der Waals surface area (Å²) in [6, 6.07) is 13.4. The first kappa shape index (κ1) is 21.3. The van der Waals surface area contributed by atoms with Gasteiger partial charge in [-0.05, 0) is 48.2 Å². The van der Waals surface area contributed by atoms with Crippen LogP contribution in [0.4, 0.5) is 5.69 Å². The van der Waals surface area contributed by atoms with Crippen molar-refractivity contribution in [2.45, 2.75) is 45.6 Å². The first-order valence-corrected chi connectivity index (χ1v) is 11.3. The molecule has 1 saturated carbocycles. The number of aromatic nitrogens is 1. The second-order valence-electron chi connectivity index (χ2n) is 8.56. The maximum Gasteiger partial charge on any atom is 0.257 e. The van der Waals surface area contributed by atoms with Gasteiger partial charge in [-0.15, -0.1) is 0 Å². The molecule has 1 aromatic carbocycles. The molecule has 0 radical (unpaired) electrons. The summed E-state index contributed by atoms with van der Waals surface area (Å²) in [5, 5.41) is 6.65. The Hall–Kier alpha value is -2.92. The van der Waals surface area contributed by atoms with Crippen LogP contribution in [-0.2, 0) is 6.54 Å². The second-order valence-corrected chi connectivity index (χ2v) is 8.56. The van der Waals surface area contributed by atoms with Gasteiger partial charge in [0.05, 0.1) is 23.8 Å². The van der Waals surface area contributed by atoms with Gasteiger partial charge in [-0.1, -0.05) is 57.2 Å². The lowest BCUT2D eigenvalue weighted by molar-refractivity contribution is 0.102. The molecule has 1 atom stereocenters. The molecule has 0 aliphatic heterocycles. The third-order valence-corrected chi connectivity index (χ3v) is 6.34. The topological polar surface area (TPSA) is 67.2 Å². The first-order valence-electron chi connectivity index (χ1n) is 11.3. The number of rotatable bonds is 8. The van der Waals surface area contributed by atoms with Crippen molar-refractivity contribution in [2.24, 2.45) is 11.8 Å². The van der Waals surface area contributed by atoms with E-state index in [0.29, 0.717) is 11.5 Å². The average Bonchev–Trinajstić information content (AvgIpc) is 3.36. The number of carbonyl (C=O) groups is 1. The summed E-state index contributed by atoms with van der Waals surface area (Å²) >= 11 is 0. The molecule has 1 unspecified atom stereocenters. The van der Waals surface area contributed by atoms with E-state index in [2.05, 4.69) is 28.6 Å². The summed E-state index contributed by atoms with van der Waals surface area (Å²) in [5.74, 6) is 1.37. The molecular weight excluding hydrogens is 386 g/mol. The van der Waals surface area contributed by atoms with E-state index in [9.17, 15) is 4.79 Å². The molecule has 5 nitrogen and oxygen atoms in total. The molecule has 31 heavy (non-hydrogen) atoms. The number of anilines is 1. The highest BCUT2D eigenvalue weighted by molar-refractivity contribution is 6.04. The van der Waals surface area contributed by atoms with Gasteiger partial charge >= 0.3 is 0 Å². The minimum absolute atomic E-state index is 0.158. The van der Waals surface area contributed by atoms with Crippen molar-refractivity contribution in [3.63, 3.8) is 0 Å². The number of benzene rings is 1. The van der Waals surface area contributed by atoms with Crippen LogP contribution in [0.1, 0.15) is 54.9 Å². The minimum atomic E-state index is -0.158. The summed E-state index contributed by atoms with van der Waals surface area (Å²) in [6.07, 6.45) is 11.7. The molecule has 1 amide bonds. The molecule has 2 aromatic heterocycles. The molecular formula is C26H31N3O2.